The first kappa shape index (κ1) is 15.7. The Labute approximate surface area is 116 Å². The average molecular weight is 263 g/mol. The summed E-state index contributed by atoms with van der Waals surface area (Å²) in [6.45, 7) is 7.25. The molecule has 0 spiro atoms. The lowest BCUT2D eigenvalue weighted by Crippen LogP contribution is -2.44. The van der Waals surface area contributed by atoms with Gasteiger partial charge >= 0.3 is 0 Å². The van der Waals surface area contributed by atoms with Gasteiger partial charge < -0.3 is 11.1 Å². The van der Waals surface area contributed by atoms with E-state index in [-0.39, 0.29) is 11.4 Å². The summed E-state index contributed by atoms with van der Waals surface area (Å²) in [5.74, 6) is -0.00167. The topological polar surface area (TPSA) is 58.4 Å². The standard InChI is InChI=1S/C15H25N3O/c1-5-15(2,3)18(4)11-14(19)17-13-8-6-7-12(9-13)10-16/h6-9H,5,10-11,16H2,1-4H3,(H,17,19). The molecule has 1 aromatic rings. The third kappa shape index (κ3) is 4.65. The van der Waals surface area contributed by atoms with Crippen molar-refractivity contribution in [3.63, 3.8) is 0 Å². The molecule has 0 atom stereocenters. The van der Waals surface area contributed by atoms with Crippen molar-refractivity contribution in [2.75, 3.05) is 18.9 Å². The fraction of sp³-hybridized carbons (Fsp3) is 0.533. The zero-order chi connectivity index (χ0) is 14.5. The first-order valence-electron chi connectivity index (χ1n) is 6.69. The fourth-order valence-electron chi connectivity index (χ4n) is 1.68. The number of hydrogen-bond donors (Lipinski definition) is 2. The van der Waals surface area contributed by atoms with E-state index >= 15 is 0 Å². The second kappa shape index (κ2) is 6.68. The second-order valence-electron chi connectivity index (χ2n) is 5.47. The second-order valence-corrected chi connectivity index (χ2v) is 5.47. The Morgan fingerprint density at radius 3 is 2.68 bits per heavy atom. The van der Waals surface area contributed by atoms with E-state index in [0.29, 0.717) is 13.1 Å². The average Bonchev–Trinajstić information content (AvgIpc) is 2.38. The number of anilines is 1. The van der Waals surface area contributed by atoms with Crippen molar-refractivity contribution in [1.29, 1.82) is 0 Å². The van der Waals surface area contributed by atoms with Crippen LogP contribution >= 0.6 is 0 Å². The Balaban J connectivity index is 2.60. The smallest absolute Gasteiger partial charge is 0.238 e. The molecular weight excluding hydrogens is 238 g/mol. The van der Waals surface area contributed by atoms with Crippen molar-refractivity contribution >= 4 is 11.6 Å². The summed E-state index contributed by atoms with van der Waals surface area (Å²) < 4.78 is 0. The highest BCUT2D eigenvalue weighted by Crippen LogP contribution is 2.16. The van der Waals surface area contributed by atoms with Crippen molar-refractivity contribution in [3.8, 4) is 0 Å². The van der Waals surface area contributed by atoms with Crippen LogP contribution in [0.4, 0.5) is 5.69 Å². The van der Waals surface area contributed by atoms with Crippen LogP contribution in [0.15, 0.2) is 24.3 Å². The predicted octanol–water partition coefficient (Wildman–Crippen LogP) is 2.20. The molecule has 0 heterocycles. The van der Waals surface area contributed by atoms with E-state index in [1.54, 1.807) is 0 Å². The van der Waals surface area contributed by atoms with Gasteiger partial charge in [0.25, 0.3) is 0 Å². The SMILES string of the molecule is CCC(C)(C)N(C)CC(=O)Nc1cccc(CN)c1. The molecule has 3 N–H and O–H groups in total. The number of likely N-dealkylation sites (N-methyl/N-ethyl adjacent to an activating group) is 1. The number of nitrogens with zero attached hydrogens (tertiary/aromatic N) is 1. The molecule has 4 heteroatoms. The van der Waals surface area contributed by atoms with Gasteiger partial charge in [-0.25, -0.2) is 0 Å². The van der Waals surface area contributed by atoms with Gasteiger partial charge in [-0.2, -0.15) is 0 Å². The minimum Gasteiger partial charge on any atom is -0.326 e. The summed E-state index contributed by atoms with van der Waals surface area (Å²) in [4.78, 5) is 14.1. The van der Waals surface area contributed by atoms with Gasteiger partial charge in [-0.05, 0) is 45.0 Å². The molecule has 19 heavy (non-hydrogen) atoms. The lowest BCUT2D eigenvalue weighted by molar-refractivity contribution is -0.118. The summed E-state index contributed by atoms with van der Waals surface area (Å²) >= 11 is 0. The zero-order valence-corrected chi connectivity index (χ0v) is 12.4. The molecule has 0 saturated carbocycles. The molecule has 0 aliphatic heterocycles. The Morgan fingerprint density at radius 2 is 2.11 bits per heavy atom. The van der Waals surface area contributed by atoms with Gasteiger partial charge in [-0.15, -0.1) is 0 Å². The molecular formula is C15H25N3O. The molecule has 106 valence electrons. The van der Waals surface area contributed by atoms with Crippen LogP contribution in [0, 0.1) is 0 Å². The lowest BCUT2D eigenvalue weighted by atomic mass is 10.00. The van der Waals surface area contributed by atoms with Crippen LogP contribution in [0.3, 0.4) is 0 Å². The van der Waals surface area contributed by atoms with Crippen LogP contribution in [0.25, 0.3) is 0 Å². The fourth-order valence-corrected chi connectivity index (χ4v) is 1.68. The van der Waals surface area contributed by atoms with Gasteiger partial charge in [-0.1, -0.05) is 19.1 Å². The van der Waals surface area contributed by atoms with Crippen LogP contribution in [0.5, 0.6) is 0 Å². The van der Waals surface area contributed by atoms with Gasteiger partial charge in [0.15, 0.2) is 0 Å². The zero-order valence-electron chi connectivity index (χ0n) is 12.4. The summed E-state index contributed by atoms with van der Waals surface area (Å²) in [5.41, 5.74) is 7.42. The van der Waals surface area contributed by atoms with Crippen LogP contribution in [-0.4, -0.2) is 29.9 Å². The molecule has 1 rings (SSSR count). The minimum atomic E-state index is -0.00167. The van der Waals surface area contributed by atoms with Crippen LogP contribution in [0.1, 0.15) is 32.8 Å². The highest BCUT2D eigenvalue weighted by Gasteiger charge is 2.22. The van der Waals surface area contributed by atoms with Crippen LogP contribution < -0.4 is 11.1 Å². The molecule has 0 bridgehead atoms. The number of benzene rings is 1. The largest absolute Gasteiger partial charge is 0.326 e. The van der Waals surface area contributed by atoms with E-state index in [1.807, 2.05) is 31.3 Å². The van der Waals surface area contributed by atoms with E-state index in [1.165, 1.54) is 0 Å². The highest BCUT2D eigenvalue weighted by atomic mass is 16.2. The number of carbonyl (C=O) groups excluding carboxylic acids is 1. The number of amides is 1. The summed E-state index contributed by atoms with van der Waals surface area (Å²) in [6.07, 6.45) is 0.999. The maximum absolute atomic E-state index is 12.0. The predicted molar refractivity (Wildman–Crippen MR) is 80.0 cm³/mol. The Morgan fingerprint density at radius 1 is 1.42 bits per heavy atom. The van der Waals surface area contributed by atoms with Crippen molar-refractivity contribution < 1.29 is 4.79 Å². The van der Waals surface area contributed by atoms with E-state index in [0.717, 1.165) is 17.7 Å². The molecule has 4 nitrogen and oxygen atoms in total. The quantitative estimate of drug-likeness (QED) is 0.827. The molecule has 1 amide bonds. The first-order chi connectivity index (χ1) is 8.89. The number of hydrogen-bond acceptors (Lipinski definition) is 3. The van der Waals surface area contributed by atoms with Gasteiger partial charge in [0.1, 0.15) is 0 Å². The van der Waals surface area contributed by atoms with E-state index in [4.69, 9.17) is 5.73 Å². The van der Waals surface area contributed by atoms with Crippen molar-refractivity contribution in [2.45, 2.75) is 39.3 Å². The molecule has 0 fully saturated rings. The normalized spacial score (nSPS) is 11.7. The van der Waals surface area contributed by atoms with E-state index < -0.39 is 0 Å². The van der Waals surface area contributed by atoms with Gasteiger partial charge in [-0.3, -0.25) is 9.69 Å². The van der Waals surface area contributed by atoms with Gasteiger partial charge in [0.2, 0.25) is 5.91 Å². The third-order valence-electron chi connectivity index (χ3n) is 3.73. The Bertz CT molecular complexity index is 429. The van der Waals surface area contributed by atoms with Crippen molar-refractivity contribution in [1.82, 2.24) is 4.90 Å². The Hall–Kier alpha value is -1.39. The minimum absolute atomic E-state index is 0.00167. The van der Waals surface area contributed by atoms with Crippen molar-refractivity contribution in [2.24, 2.45) is 5.73 Å². The van der Waals surface area contributed by atoms with Crippen LogP contribution in [0.2, 0.25) is 0 Å². The number of rotatable bonds is 6. The summed E-state index contributed by atoms with van der Waals surface area (Å²) in [7, 11) is 1.97. The number of nitrogens with one attached hydrogen (secondary N) is 1. The maximum atomic E-state index is 12.0. The first-order valence-corrected chi connectivity index (χ1v) is 6.69. The number of carbonyl (C=O) groups is 1. The van der Waals surface area contributed by atoms with Crippen molar-refractivity contribution in [3.05, 3.63) is 29.8 Å². The molecule has 0 radical (unpaired) electrons. The maximum Gasteiger partial charge on any atom is 0.238 e. The van der Waals surface area contributed by atoms with Gasteiger partial charge in [0.05, 0.1) is 6.54 Å². The van der Waals surface area contributed by atoms with E-state index in [2.05, 4.69) is 31.0 Å². The summed E-state index contributed by atoms with van der Waals surface area (Å²) in [5, 5.41) is 2.91. The molecule has 1 aromatic carbocycles. The third-order valence-corrected chi connectivity index (χ3v) is 3.73. The molecule has 0 saturated heterocycles. The molecule has 0 aromatic heterocycles. The summed E-state index contributed by atoms with van der Waals surface area (Å²) in [6, 6.07) is 7.63. The lowest BCUT2D eigenvalue weighted by Gasteiger charge is -2.34. The molecule has 0 aliphatic carbocycles. The van der Waals surface area contributed by atoms with Crippen LogP contribution in [-0.2, 0) is 11.3 Å². The molecule has 0 unspecified atom stereocenters. The Kier molecular flexibility index (Phi) is 5.51. The van der Waals surface area contributed by atoms with E-state index in [9.17, 15) is 4.79 Å². The van der Waals surface area contributed by atoms with Gasteiger partial charge in [0, 0.05) is 17.8 Å². The monoisotopic (exact) mass is 263 g/mol. The molecule has 0 aliphatic rings. The highest BCUT2D eigenvalue weighted by molar-refractivity contribution is 5.92. The number of nitrogens with two attached hydrogens (primary N) is 1.